The zero-order chi connectivity index (χ0) is 13.4. The van der Waals surface area contributed by atoms with Crippen molar-refractivity contribution in [3.63, 3.8) is 0 Å². The van der Waals surface area contributed by atoms with Gasteiger partial charge in [-0.1, -0.05) is 12.1 Å². The first-order valence-electron chi connectivity index (χ1n) is 5.79. The largest absolute Gasteiger partial charge is 0.396 e. The van der Waals surface area contributed by atoms with Crippen molar-refractivity contribution in [2.75, 3.05) is 18.6 Å². The molecule has 1 unspecified atom stereocenters. The number of aliphatic hydroxyl groups is 1. The van der Waals surface area contributed by atoms with Gasteiger partial charge < -0.3 is 10.4 Å². The topological polar surface area (TPSA) is 49.3 Å². The predicted octanol–water partition coefficient (Wildman–Crippen LogP) is 1.60. The molecule has 0 fully saturated rings. The molecule has 18 heavy (non-hydrogen) atoms. The Bertz CT molecular complexity index is 364. The fourth-order valence-corrected chi connectivity index (χ4v) is 2.27. The SMILES string of the molecule is CSCC(CCO)NC(=O)Cc1ccc(F)cc1. The molecule has 0 heterocycles. The molecule has 3 nitrogen and oxygen atoms in total. The van der Waals surface area contributed by atoms with E-state index in [4.69, 9.17) is 5.11 Å². The van der Waals surface area contributed by atoms with E-state index in [9.17, 15) is 9.18 Å². The summed E-state index contributed by atoms with van der Waals surface area (Å²) in [5.74, 6) is 0.365. The summed E-state index contributed by atoms with van der Waals surface area (Å²) >= 11 is 1.62. The summed E-state index contributed by atoms with van der Waals surface area (Å²) in [7, 11) is 0. The monoisotopic (exact) mass is 271 g/mol. The minimum Gasteiger partial charge on any atom is -0.396 e. The lowest BCUT2D eigenvalue weighted by Crippen LogP contribution is -2.38. The van der Waals surface area contributed by atoms with Gasteiger partial charge in [0.2, 0.25) is 5.91 Å². The Morgan fingerprint density at radius 2 is 2.11 bits per heavy atom. The molecule has 100 valence electrons. The molecule has 0 radical (unpaired) electrons. The van der Waals surface area contributed by atoms with Gasteiger partial charge in [-0.15, -0.1) is 0 Å². The summed E-state index contributed by atoms with van der Waals surface area (Å²) in [6.45, 7) is 0.0576. The number of nitrogens with one attached hydrogen (secondary N) is 1. The van der Waals surface area contributed by atoms with Gasteiger partial charge in [-0.2, -0.15) is 11.8 Å². The molecular weight excluding hydrogens is 253 g/mol. The first-order valence-corrected chi connectivity index (χ1v) is 7.18. The number of thioether (sulfide) groups is 1. The maximum Gasteiger partial charge on any atom is 0.224 e. The molecule has 1 amide bonds. The molecule has 1 atom stereocenters. The molecule has 0 aliphatic carbocycles. The van der Waals surface area contributed by atoms with Gasteiger partial charge in [0, 0.05) is 18.4 Å². The third kappa shape index (κ3) is 5.51. The van der Waals surface area contributed by atoms with Crippen LogP contribution in [0, 0.1) is 5.82 Å². The fourth-order valence-electron chi connectivity index (χ4n) is 1.62. The van der Waals surface area contributed by atoms with E-state index < -0.39 is 0 Å². The Labute approximate surface area is 111 Å². The van der Waals surface area contributed by atoms with Crippen LogP contribution in [0.15, 0.2) is 24.3 Å². The highest BCUT2D eigenvalue weighted by Gasteiger charge is 2.11. The standard InChI is InChI=1S/C13H18FNO2S/c1-18-9-12(6-7-16)15-13(17)8-10-2-4-11(14)5-3-10/h2-5,12,16H,6-9H2,1H3,(H,15,17). The van der Waals surface area contributed by atoms with E-state index in [0.29, 0.717) is 6.42 Å². The van der Waals surface area contributed by atoms with E-state index in [2.05, 4.69) is 5.32 Å². The van der Waals surface area contributed by atoms with Gasteiger partial charge in [-0.3, -0.25) is 4.79 Å². The molecule has 1 aromatic rings. The Hall–Kier alpha value is -1.07. The Morgan fingerprint density at radius 1 is 1.44 bits per heavy atom. The Morgan fingerprint density at radius 3 is 2.67 bits per heavy atom. The van der Waals surface area contributed by atoms with Crippen molar-refractivity contribution >= 4 is 17.7 Å². The summed E-state index contributed by atoms with van der Waals surface area (Å²) in [4.78, 5) is 11.8. The smallest absolute Gasteiger partial charge is 0.224 e. The van der Waals surface area contributed by atoms with Crippen LogP contribution in [0.2, 0.25) is 0 Å². The summed E-state index contributed by atoms with van der Waals surface area (Å²) in [6.07, 6.45) is 2.74. The highest BCUT2D eigenvalue weighted by molar-refractivity contribution is 7.98. The Kier molecular flexibility index (Phi) is 6.75. The zero-order valence-electron chi connectivity index (χ0n) is 10.4. The van der Waals surface area contributed by atoms with Gasteiger partial charge in [0.25, 0.3) is 0 Å². The van der Waals surface area contributed by atoms with Crippen molar-refractivity contribution in [2.24, 2.45) is 0 Å². The molecule has 0 spiro atoms. The maximum atomic E-state index is 12.7. The number of aliphatic hydroxyl groups excluding tert-OH is 1. The van der Waals surface area contributed by atoms with E-state index in [1.54, 1.807) is 23.9 Å². The predicted molar refractivity (Wildman–Crippen MR) is 72.1 cm³/mol. The molecule has 2 N–H and O–H groups in total. The second kappa shape index (κ2) is 8.11. The number of amides is 1. The molecule has 0 aromatic heterocycles. The average molecular weight is 271 g/mol. The lowest BCUT2D eigenvalue weighted by atomic mass is 10.1. The highest BCUT2D eigenvalue weighted by atomic mass is 32.2. The van der Waals surface area contributed by atoms with Crippen LogP contribution in [0.5, 0.6) is 0 Å². The number of rotatable bonds is 7. The molecule has 0 saturated carbocycles. The van der Waals surface area contributed by atoms with Crippen LogP contribution < -0.4 is 5.32 Å². The van der Waals surface area contributed by atoms with Gasteiger partial charge in [0.05, 0.1) is 6.42 Å². The lowest BCUT2D eigenvalue weighted by Gasteiger charge is -2.16. The number of carbonyl (C=O) groups is 1. The maximum absolute atomic E-state index is 12.7. The summed E-state index contributed by atoms with van der Waals surface area (Å²) in [6, 6.07) is 5.87. The second-order valence-corrected chi connectivity index (χ2v) is 4.95. The molecule has 1 rings (SSSR count). The molecule has 0 aliphatic rings. The third-order valence-corrected chi connectivity index (χ3v) is 3.22. The second-order valence-electron chi connectivity index (χ2n) is 4.04. The van der Waals surface area contributed by atoms with E-state index >= 15 is 0 Å². The molecule has 5 heteroatoms. The van der Waals surface area contributed by atoms with Crippen molar-refractivity contribution in [1.29, 1.82) is 0 Å². The zero-order valence-corrected chi connectivity index (χ0v) is 11.2. The minimum atomic E-state index is -0.306. The third-order valence-electron chi connectivity index (χ3n) is 2.49. The van der Waals surface area contributed by atoms with Crippen molar-refractivity contribution in [1.82, 2.24) is 5.32 Å². The molecule has 0 bridgehead atoms. The van der Waals surface area contributed by atoms with Crippen LogP contribution in [0.4, 0.5) is 4.39 Å². The van der Waals surface area contributed by atoms with Gasteiger partial charge in [0.1, 0.15) is 5.82 Å². The molecule has 0 aliphatic heterocycles. The van der Waals surface area contributed by atoms with Crippen LogP contribution in [0.3, 0.4) is 0 Å². The number of halogens is 1. The Balaban J connectivity index is 2.46. The van der Waals surface area contributed by atoms with Crippen LogP contribution in [0.1, 0.15) is 12.0 Å². The van der Waals surface area contributed by atoms with E-state index in [0.717, 1.165) is 11.3 Å². The van der Waals surface area contributed by atoms with Crippen molar-refractivity contribution in [3.05, 3.63) is 35.6 Å². The number of hydrogen-bond donors (Lipinski definition) is 2. The normalized spacial score (nSPS) is 12.2. The average Bonchev–Trinajstić information content (AvgIpc) is 2.33. The van der Waals surface area contributed by atoms with Crippen molar-refractivity contribution in [3.8, 4) is 0 Å². The summed E-state index contributed by atoms with van der Waals surface area (Å²) in [5.41, 5.74) is 0.779. The van der Waals surface area contributed by atoms with Gasteiger partial charge >= 0.3 is 0 Å². The first-order chi connectivity index (χ1) is 8.65. The van der Waals surface area contributed by atoms with Crippen LogP contribution >= 0.6 is 11.8 Å². The van der Waals surface area contributed by atoms with Crippen molar-refractivity contribution in [2.45, 2.75) is 18.9 Å². The molecular formula is C13H18FNO2S. The summed E-state index contributed by atoms with van der Waals surface area (Å²) < 4.78 is 12.7. The van der Waals surface area contributed by atoms with Crippen LogP contribution in [-0.4, -0.2) is 35.7 Å². The van der Waals surface area contributed by atoms with Gasteiger partial charge in [-0.25, -0.2) is 4.39 Å². The lowest BCUT2D eigenvalue weighted by molar-refractivity contribution is -0.121. The van der Waals surface area contributed by atoms with E-state index in [-0.39, 0.29) is 30.8 Å². The van der Waals surface area contributed by atoms with E-state index in [1.807, 2.05) is 6.26 Å². The number of benzene rings is 1. The van der Waals surface area contributed by atoms with E-state index in [1.165, 1.54) is 12.1 Å². The van der Waals surface area contributed by atoms with Gasteiger partial charge in [-0.05, 0) is 30.4 Å². The summed E-state index contributed by atoms with van der Waals surface area (Å²) in [5, 5.41) is 11.8. The highest BCUT2D eigenvalue weighted by Crippen LogP contribution is 2.05. The first kappa shape index (κ1) is 15.0. The van der Waals surface area contributed by atoms with Crippen LogP contribution in [-0.2, 0) is 11.2 Å². The molecule has 0 saturated heterocycles. The number of carbonyl (C=O) groups excluding carboxylic acids is 1. The van der Waals surface area contributed by atoms with Crippen LogP contribution in [0.25, 0.3) is 0 Å². The quantitative estimate of drug-likeness (QED) is 0.792. The minimum absolute atomic E-state index is 0.0158. The van der Waals surface area contributed by atoms with Gasteiger partial charge in [0.15, 0.2) is 0 Å². The van der Waals surface area contributed by atoms with Crippen molar-refractivity contribution < 1.29 is 14.3 Å². The fraction of sp³-hybridized carbons (Fsp3) is 0.462. The molecule has 1 aromatic carbocycles. The number of hydrogen-bond acceptors (Lipinski definition) is 3.